The van der Waals surface area contributed by atoms with Gasteiger partial charge in [0.15, 0.2) is 23.5 Å². The van der Waals surface area contributed by atoms with Crippen LogP contribution in [-0.2, 0) is 19.6 Å². The van der Waals surface area contributed by atoms with Crippen molar-refractivity contribution < 1.29 is 19.0 Å². The molecule has 12 heteroatoms. The number of nitrogen functional groups attached to an aromatic ring is 1. The average molecular weight is 567 g/mol. The number of anilines is 2. The molecule has 2 aromatic heterocycles. The number of imidazole rings is 1. The Bertz CT molecular complexity index is 1370. The van der Waals surface area contributed by atoms with Crippen LogP contribution in [0, 0.1) is 0 Å². The molecule has 2 aliphatic rings. The summed E-state index contributed by atoms with van der Waals surface area (Å²) in [4.78, 5) is 27.6. The van der Waals surface area contributed by atoms with Crippen LogP contribution < -0.4 is 16.4 Å². The van der Waals surface area contributed by atoms with Gasteiger partial charge in [-0.1, -0.05) is 32.9 Å². The summed E-state index contributed by atoms with van der Waals surface area (Å²) in [6.07, 6.45) is 2.54. The molecule has 2 amide bonds. The van der Waals surface area contributed by atoms with Crippen molar-refractivity contribution in [1.82, 2.24) is 29.7 Å². The summed E-state index contributed by atoms with van der Waals surface area (Å²) in [5.41, 5.74) is 9.17. The number of benzene rings is 1. The molecule has 5 rings (SSSR count). The summed E-state index contributed by atoms with van der Waals surface area (Å²) in [7, 11) is 2.04. The molecule has 1 aromatic carbocycles. The lowest BCUT2D eigenvalue weighted by molar-refractivity contribution is -0.197. The molecule has 0 spiro atoms. The van der Waals surface area contributed by atoms with Gasteiger partial charge >= 0.3 is 6.03 Å². The molecule has 5 atom stereocenters. The number of likely N-dealkylation sites (N-methyl/N-ethyl adjacent to an activating group) is 1. The largest absolute Gasteiger partial charge is 0.382 e. The van der Waals surface area contributed by atoms with E-state index in [4.69, 9.17) is 19.9 Å². The van der Waals surface area contributed by atoms with E-state index < -0.39 is 12.0 Å². The van der Waals surface area contributed by atoms with Crippen molar-refractivity contribution in [3.63, 3.8) is 0 Å². The van der Waals surface area contributed by atoms with Gasteiger partial charge in [0.05, 0.1) is 6.33 Å². The van der Waals surface area contributed by atoms with Crippen molar-refractivity contribution in [2.24, 2.45) is 0 Å². The Morgan fingerprint density at radius 3 is 2.56 bits per heavy atom. The maximum Gasteiger partial charge on any atom is 0.319 e. The third-order valence-corrected chi connectivity index (χ3v) is 7.61. The monoisotopic (exact) mass is 566 g/mol. The number of hydrogen-bond acceptors (Lipinski definition) is 9. The second kappa shape index (κ2) is 11.2. The number of nitrogens with zero attached hydrogens (tertiary/aromatic N) is 5. The van der Waals surface area contributed by atoms with Crippen molar-refractivity contribution in [1.29, 1.82) is 0 Å². The first-order valence-electron chi connectivity index (χ1n) is 14.1. The molecule has 2 fully saturated rings. The van der Waals surface area contributed by atoms with Gasteiger partial charge in [-0.3, -0.25) is 4.57 Å². The Morgan fingerprint density at radius 1 is 1.15 bits per heavy atom. The van der Waals surface area contributed by atoms with E-state index in [-0.39, 0.29) is 35.8 Å². The Balaban J connectivity index is 1.15. The van der Waals surface area contributed by atoms with Gasteiger partial charge in [0.25, 0.3) is 0 Å². The molecule has 222 valence electrons. The highest BCUT2D eigenvalue weighted by Crippen LogP contribution is 2.44. The summed E-state index contributed by atoms with van der Waals surface area (Å²) < 4.78 is 20.9. The average Bonchev–Trinajstić information content (AvgIpc) is 3.54. The molecule has 0 saturated carbocycles. The van der Waals surface area contributed by atoms with E-state index in [1.54, 1.807) is 6.33 Å². The predicted octanol–water partition coefficient (Wildman–Crippen LogP) is 3.66. The molecule has 12 nitrogen and oxygen atoms in total. The van der Waals surface area contributed by atoms with Crippen molar-refractivity contribution in [2.75, 3.05) is 31.2 Å². The zero-order valence-corrected chi connectivity index (χ0v) is 24.9. The summed E-state index contributed by atoms with van der Waals surface area (Å²) in [6, 6.07) is 7.73. The van der Waals surface area contributed by atoms with Crippen molar-refractivity contribution in [2.45, 2.75) is 89.7 Å². The lowest BCUT2D eigenvalue weighted by Crippen LogP contribution is -2.41. The van der Waals surface area contributed by atoms with Crippen LogP contribution in [0.5, 0.6) is 0 Å². The first kappa shape index (κ1) is 29.2. The van der Waals surface area contributed by atoms with Gasteiger partial charge in [0.2, 0.25) is 0 Å². The van der Waals surface area contributed by atoms with Crippen LogP contribution >= 0.6 is 0 Å². The number of ether oxygens (including phenoxy) is 3. The highest BCUT2D eigenvalue weighted by atomic mass is 16.8. The molecule has 4 heterocycles. The van der Waals surface area contributed by atoms with E-state index >= 15 is 0 Å². The van der Waals surface area contributed by atoms with Gasteiger partial charge in [-0.25, -0.2) is 19.7 Å². The number of amides is 2. The van der Waals surface area contributed by atoms with Gasteiger partial charge in [-0.2, -0.15) is 0 Å². The summed E-state index contributed by atoms with van der Waals surface area (Å²) in [5.74, 6) is -0.421. The molecular formula is C29H42N8O4. The first-order valence-corrected chi connectivity index (χ1v) is 14.1. The van der Waals surface area contributed by atoms with Crippen molar-refractivity contribution in [3.8, 4) is 0 Å². The summed E-state index contributed by atoms with van der Waals surface area (Å²) >= 11 is 0. The highest BCUT2D eigenvalue weighted by molar-refractivity contribution is 5.89. The fraction of sp³-hybridized carbons (Fsp3) is 0.586. The topological polar surface area (TPSA) is 142 Å². The van der Waals surface area contributed by atoms with E-state index in [0.717, 1.165) is 18.7 Å². The third kappa shape index (κ3) is 6.45. The normalized spacial score (nSPS) is 24.5. The number of aromatic nitrogens is 4. The van der Waals surface area contributed by atoms with Gasteiger partial charge in [-0.15, -0.1) is 0 Å². The Morgan fingerprint density at radius 2 is 1.85 bits per heavy atom. The van der Waals surface area contributed by atoms with Crippen molar-refractivity contribution in [3.05, 3.63) is 42.5 Å². The van der Waals surface area contributed by atoms with Crippen LogP contribution in [0.15, 0.2) is 36.9 Å². The number of hydrogen-bond donors (Lipinski definition) is 3. The Kier molecular flexibility index (Phi) is 7.94. The van der Waals surface area contributed by atoms with E-state index in [1.807, 2.05) is 56.7 Å². The summed E-state index contributed by atoms with van der Waals surface area (Å²) in [6.45, 7) is 13.7. The third-order valence-electron chi connectivity index (χ3n) is 7.61. The predicted molar refractivity (Wildman–Crippen MR) is 156 cm³/mol. The SMILES string of the molecule is C[C@@H](CCN(C)C[C@H]1OC(n2cnc3c(N)ncnc32)[C@@H]2OC(C)(C)O[C@H]12)NC(=O)Nc1ccc(C(C)(C)C)cc1. The molecule has 2 saturated heterocycles. The summed E-state index contributed by atoms with van der Waals surface area (Å²) in [5, 5.41) is 5.96. The Labute approximate surface area is 241 Å². The minimum absolute atomic E-state index is 0.0243. The van der Waals surface area contributed by atoms with Crippen LogP contribution in [0.2, 0.25) is 0 Å². The zero-order chi connectivity index (χ0) is 29.5. The molecule has 3 aromatic rings. The number of nitrogens with one attached hydrogen (secondary N) is 2. The van der Waals surface area contributed by atoms with E-state index in [9.17, 15) is 4.79 Å². The number of carbonyl (C=O) groups is 1. The lowest BCUT2D eigenvalue weighted by atomic mass is 9.87. The fourth-order valence-electron chi connectivity index (χ4n) is 5.42. The lowest BCUT2D eigenvalue weighted by Gasteiger charge is -2.27. The number of rotatable bonds is 8. The molecule has 4 N–H and O–H groups in total. The molecule has 41 heavy (non-hydrogen) atoms. The number of carbonyl (C=O) groups excluding carboxylic acids is 1. The van der Waals surface area contributed by atoms with Gasteiger partial charge < -0.3 is 35.5 Å². The number of urea groups is 1. The van der Waals surface area contributed by atoms with E-state index in [2.05, 4.69) is 51.3 Å². The maximum atomic E-state index is 12.6. The molecule has 0 aliphatic carbocycles. The minimum atomic E-state index is -0.739. The first-order chi connectivity index (χ1) is 19.3. The zero-order valence-electron chi connectivity index (χ0n) is 24.9. The van der Waals surface area contributed by atoms with Crippen molar-refractivity contribution >= 4 is 28.7 Å². The van der Waals surface area contributed by atoms with Crippen LogP contribution in [0.4, 0.5) is 16.3 Å². The second-order valence-corrected chi connectivity index (χ2v) is 12.6. The fourth-order valence-corrected chi connectivity index (χ4v) is 5.42. The molecule has 0 radical (unpaired) electrons. The Hall–Kier alpha value is -3.32. The van der Waals surface area contributed by atoms with Gasteiger partial charge in [0.1, 0.15) is 30.2 Å². The van der Waals surface area contributed by atoms with Crippen LogP contribution in [-0.4, -0.2) is 80.7 Å². The molecule has 2 aliphatic heterocycles. The highest BCUT2D eigenvalue weighted by Gasteiger charge is 2.56. The molecule has 0 bridgehead atoms. The quantitative estimate of drug-likeness (QED) is 0.372. The van der Waals surface area contributed by atoms with E-state index in [0.29, 0.717) is 23.5 Å². The number of fused-ring (bicyclic) bond motifs is 2. The van der Waals surface area contributed by atoms with Gasteiger partial charge in [-0.05, 0) is 63.9 Å². The smallest absolute Gasteiger partial charge is 0.319 e. The second-order valence-electron chi connectivity index (χ2n) is 12.6. The van der Waals surface area contributed by atoms with Gasteiger partial charge in [0, 0.05) is 18.3 Å². The standard InChI is InChI=1S/C29H42N8O4/c1-17(34-27(38)35-19-10-8-18(9-11-19)28(2,3)4)12-13-36(7)14-20-22-23(41-29(5,6)40-22)26(39-20)37-16-33-21-24(30)31-15-32-25(21)37/h8-11,15-17,20,22-23,26H,12-14H2,1-7H3,(H2,30,31,32)(H2,34,35,38)/t17-,20+,22+,23+,26?/m0/s1. The van der Waals surface area contributed by atoms with Crippen LogP contribution in [0.25, 0.3) is 11.2 Å². The molecular weight excluding hydrogens is 524 g/mol. The minimum Gasteiger partial charge on any atom is -0.382 e. The van der Waals surface area contributed by atoms with E-state index in [1.165, 1.54) is 11.9 Å². The molecule has 1 unspecified atom stereocenters. The maximum absolute atomic E-state index is 12.6. The number of nitrogens with two attached hydrogens (primary N) is 1. The van der Waals surface area contributed by atoms with Crippen LogP contribution in [0.1, 0.15) is 59.8 Å². The van der Waals surface area contributed by atoms with Crippen LogP contribution in [0.3, 0.4) is 0 Å².